The van der Waals surface area contributed by atoms with E-state index in [2.05, 4.69) is 70.7 Å². The van der Waals surface area contributed by atoms with E-state index in [0.29, 0.717) is 6.42 Å². The molecule has 1 aliphatic rings. The van der Waals surface area contributed by atoms with Gasteiger partial charge in [0.25, 0.3) is 0 Å². The molecule has 136 valence electrons. The van der Waals surface area contributed by atoms with E-state index >= 15 is 4.39 Å². The lowest BCUT2D eigenvalue weighted by Gasteiger charge is -2.23. The highest BCUT2D eigenvalue weighted by molar-refractivity contribution is 5.82. The van der Waals surface area contributed by atoms with Crippen LogP contribution in [0.4, 0.5) is 4.39 Å². The van der Waals surface area contributed by atoms with Gasteiger partial charge in [-0.25, -0.2) is 4.39 Å². The molecule has 0 bridgehead atoms. The molecule has 0 saturated carbocycles. The van der Waals surface area contributed by atoms with Gasteiger partial charge >= 0.3 is 0 Å². The van der Waals surface area contributed by atoms with Gasteiger partial charge in [0.1, 0.15) is 5.82 Å². The largest absolute Gasteiger partial charge is 0.206 e. The van der Waals surface area contributed by atoms with Gasteiger partial charge in [-0.1, -0.05) is 81.0 Å². The minimum Gasteiger partial charge on any atom is -0.206 e. The lowest BCUT2D eigenvalue weighted by atomic mass is 9.82. The summed E-state index contributed by atoms with van der Waals surface area (Å²) >= 11 is 0. The van der Waals surface area contributed by atoms with E-state index in [0.717, 1.165) is 47.1 Å². The fraction of sp³-hybridized carbons (Fsp3) is 0.360. The van der Waals surface area contributed by atoms with Crippen molar-refractivity contribution in [1.82, 2.24) is 0 Å². The molecular formula is C25H29F. The molecule has 0 unspecified atom stereocenters. The number of fused-ring (bicyclic) bond motifs is 1. The highest BCUT2D eigenvalue weighted by Gasteiger charge is 2.21. The fourth-order valence-corrected chi connectivity index (χ4v) is 3.44. The number of benzene rings is 2. The molecule has 1 aliphatic carbocycles. The SMILES string of the molecule is C=C(Cc1ccc2c(c1F)CCCC=C2c1ccc(C)cc1)C(C)(C)C. The molecule has 26 heavy (non-hydrogen) atoms. The average Bonchev–Trinajstić information content (AvgIpc) is 2.80. The van der Waals surface area contributed by atoms with Crippen LogP contribution in [0.3, 0.4) is 0 Å². The molecule has 1 heteroatoms. The van der Waals surface area contributed by atoms with Crippen molar-refractivity contribution in [2.24, 2.45) is 5.41 Å². The van der Waals surface area contributed by atoms with Gasteiger partial charge in [-0.15, -0.1) is 0 Å². The third-order valence-electron chi connectivity index (χ3n) is 5.42. The predicted molar refractivity (Wildman–Crippen MR) is 110 cm³/mol. The molecular weight excluding hydrogens is 319 g/mol. The Morgan fingerprint density at radius 3 is 2.42 bits per heavy atom. The zero-order valence-electron chi connectivity index (χ0n) is 16.5. The first-order chi connectivity index (χ1) is 12.3. The van der Waals surface area contributed by atoms with E-state index in [-0.39, 0.29) is 11.2 Å². The van der Waals surface area contributed by atoms with Gasteiger partial charge in [0.2, 0.25) is 0 Å². The lowest BCUT2D eigenvalue weighted by molar-refractivity contribution is 0.489. The third-order valence-corrected chi connectivity index (χ3v) is 5.42. The van der Waals surface area contributed by atoms with Crippen LogP contribution >= 0.6 is 0 Å². The first kappa shape index (κ1) is 18.6. The van der Waals surface area contributed by atoms with Gasteiger partial charge in [-0.05, 0) is 65.8 Å². The van der Waals surface area contributed by atoms with Crippen molar-refractivity contribution in [2.75, 3.05) is 0 Å². The number of allylic oxidation sites excluding steroid dienone is 2. The molecule has 0 N–H and O–H groups in total. The summed E-state index contributed by atoms with van der Waals surface area (Å²) in [5, 5.41) is 0. The number of aryl methyl sites for hydroxylation is 1. The summed E-state index contributed by atoms with van der Waals surface area (Å²) in [4.78, 5) is 0. The van der Waals surface area contributed by atoms with Crippen LogP contribution in [0.2, 0.25) is 0 Å². The summed E-state index contributed by atoms with van der Waals surface area (Å²) in [6.07, 6.45) is 5.64. The maximum atomic E-state index is 15.4. The Bertz CT molecular complexity index is 845. The van der Waals surface area contributed by atoms with Gasteiger partial charge in [0, 0.05) is 0 Å². The van der Waals surface area contributed by atoms with E-state index in [1.165, 1.54) is 11.1 Å². The first-order valence-corrected chi connectivity index (χ1v) is 9.53. The summed E-state index contributed by atoms with van der Waals surface area (Å²) in [7, 11) is 0. The minimum atomic E-state index is -0.0344. The van der Waals surface area contributed by atoms with Crippen molar-refractivity contribution in [3.8, 4) is 0 Å². The van der Waals surface area contributed by atoms with Crippen molar-refractivity contribution in [1.29, 1.82) is 0 Å². The van der Waals surface area contributed by atoms with Crippen LogP contribution in [0.25, 0.3) is 5.57 Å². The Hall–Kier alpha value is -2.15. The summed E-state index contributed by atoms with van der Waals surface area (Å²) < 4.78 is 15.4. The van der Waals surface area contributed by atoms with E-state index in [9.17, 15) is 0 Å². The Balaban J connectivity index is 2.02. The molecule has 0 spiro atoms. The van der Waals surface area contributed by atoms with Gasteiger partial charge in [-0.2, -0.15) is 0 Å². The third kappa shape index (κ3) is 3.82. The first-order valence-electron chi connectivity index (χ1n) is 9.53. The maximum Gasteiger partial charge on any atom is 0.130 e. The van der Waals surface area contributed by atoms with Crippen LogP contribution in [0.5, 0.6) is 0 Å². The van der Waals surface area contributed by atoms with Crippen LogP contribution in [-0.4, -0.2) is 0 Å². The average molecular weight is 349 g/mol. The summed E-state index contributed by atoms with van der Waals surface area (Å²) in [5.41, 5.74) is 7.33. The molecule has 0 nitrogen and oxygen atoms in total. The molecule has 3 rings (SSSR count). The molecule has 2 aromatic rings. The molecule has 0 saturated heterocycles. The van der Waals surface area contributed by atoms with Crippen LogP contribution < -0.4 is 0 Å². The summed E-state index contributed by atoms with van der Waals surface area (Å²) in [5.74, 6) is -0.0344. The summed E-state index contributed by atoms with van der Waals surface area (Å²) in [6, 6.07) is 12.6. The highest BCUT2D eigenvalue weighted by atomic mass is 19.1. The Morgan fingerprint density at radius 2 is 1.77 bits per heavy atom. The van der Waals surface area contributed by atoms with Crippen molar-refractivity contribution in [3.63, 3.8) is 0 Å². The number of halogens is 1. The Morgan fingerprint density at radius 1 is 1.08 bits per heavy atom. The Kier molecular flexibility index (Phi) is 5.18. The van der Waals surface area contributed by atoms with E-state index in [4.69, 9.17) is 0 Å². The van der Waals surface area contributed by atoms with Crippen LogP contribution in [0.1, 0.15) is 61.4 Å². The number of rotatable bonds is 3. The Labute approximate surface area is 157 Å². The second-order valence-electron chi connectivity index (χ2n) is 8.47. The van der Waals surface area contributed by atoms with Crippen LogP contribution in [0.15, 0.2) is 54.6 Å². The monoisotopic (exact) mass is 348 g/mol. The van der Waals surface area contributed by atoms with Crippen molar-refractivity contribution >= 4 is 5.57 Å². The van der Waals surface area contributed by atoms with Crippen molar-refractivity contribution in [2.45, 2.75) is 53.4 Å². The van der Waals surface area contributed by atoms with E-state index < -0.39 is 0 Å². The summed E-state index contributed by atoms with van der Waals surface area (Å²) in [6.45, 7) is 12.7. The maximum absolute atomic E-state index is 15.4. The van der Waals surface area contributed by atoms with E-state index in [1.54, 1.807) is 0 Å². The van der Waals surface area contributed by atoms with E-state index in [1.807, 2.05) is 6.07 Å². The van der Waals surface area contributed by atoms with Crippen LogP contribution in [0, 0.1) is 18.2 Å². The molecule has 2 aromatic carbocycles. The zero-order chi connectivity index (χ0) is 18.9. The standard InChI is InChI=1S/C25H29F/c1-17-10-12-19(13-11-17)21-8-6-7-9-23-22(21)15-14-20(24(23)26)16-18(2)25(3,4)5/h8,10-15H,2,6-7,9,16H2,1,3-5H3. The second kappa shape index (κ2) is 7.23. The molecule has 0 radical (unpaired) electrons. The van der Waals surface area contributed by atoms with Gasteiger partial charge in [-0.3, -0.25) is 0 Å². The fourth-order valence-electron chi connectivity index (χ4n) is 3.44. The topological polar surface area (TPSA) is 0 Å². The van der Waals surface area contributed by atoms with Gasteiger partial charge < -0.3 is 0 Å². The molecule has 0 atom stereocenters. The lowest BCUT2D eigenvalue weighted by Crippen LogP contribution is -2.12. The van der Waals surface area contributed by atoms with Crippen LogP contribution in [-0.2, 0) is 12.8 Å². The van der Waals surface area contributed by atoms with Gasteiger partial charge in [0.05, 0.1) is 0 Å². The number of hydrogen-bond acceptors (Lipinski definition) is 0. The molecule has 0 aliphatic heterocycles. The minimum absolute atomic E-state index is 0.00774. The quantitative estimate of drug-likeness (QED) is 0.521. The normalized spacial score (nSPS) is 14.4. The highest BCUT2D eigenvalue weighted by Crippen LogP contribution is 2.35. The van der Waals surface area contributed by atoms with Gasteiger partial charge in [0.15, 0.2) is 0 Å². The second-order valence-corrected chi connectivity index (χ2v) is 8.47. The predicted octanol–water partition coefficient (Wildman–Crippen LogP) is 7.05. The molecule has 0 amide bonds. The molecule has 0 fully saturated rings. The number of hydrogen-bond donors (Lipinski definition) is 0. The molecule has 0 aromatic heterocycles. The smallest absolute Gasteiger partial charge is 0.130 e. The molecule has 0 heterocycles. The van der Waals surface area contributed by atoms with Crippen molar-refractivity contribution < 1.29 is 4.39 Å². The zero-order valence-corrected chi connectivity index (χ0v) is 16.5. The van der Waals surface area contributed by atoms with Crippen molar-refractivity contribution in [3.05, 3.63) is 88.3 Å².